The molecule has 0 saturated heterocycles. The lowest BCUT2D eigenvalue weighted by atomic mass is 9.91. The van der Waals surface area contributed by atoms with E-state index in [2.05, 4.69) is 94.4 Å². The first-order chi connectivity index (χ1) is 19.1. The van der Waals surface area contributed by atoms with E-state index in [9.17, 15) is 0 Å². The molecular weight excluding hydrogens is 472 g/mol. The summed E-state index contributed by atoms with van der Waals surface area (Å²) >= 11 is 0. The predicted octanol–water partition coefficient (Wildman–Crippen LogP) is 11.6. The van der Waals surface area contributed by atoms with E-state index >= 15 is 0 Å². The number of unbranched alkanes of at least 4 members (excludes halogenated alkanes) is 8. The van der Waals surface area contributed by atoms with E-state index in [0.29, 0.717) is 0 Å². The van der Waals surface area contributed by atoms with Gasteiger partial charge in [0.1, 0.15) is 0 Å². The van der Waals surface area contributed by atoms with Gasteiger partial charge in [0, 0.05) is 6.21 Å². The molecule has 3 rings (SSSR count). The Balaban J connectivity index is 1.79. The molecule has 0 aliphatic rings. The van der Waals surface area contributed by atoms with E-state index in [1.54, 1.807) is 0 Å². The van der Waals surface area contributed by atoms with Gasteiger partial charge in [-0.1, -0.05) is 115 Å². The number of rotatable bonds is 17. The van der Waals surface area contributed by atoms with Crippen LogP contribution in [0.1, 0.15) is 108 Å². The van der Waals surface area contributed by atoms with Crippen LogP contribution < -0.4 is 0 Å². The summed E-state index contributed by atoms with van der Waals surface area (Å²) < 4.78 is 0. The summed E-state index contributed by atoms with van der Waals surface area (Å²) in [5.74, 6) is 0. The van der Waals surface area contributed by atoms with Crippen molar-refractivity contribution in [1.29, 1.82) is 0 Å². The van der Waals surface area contributed by atoms with Crippen molar-refractivity contribution in [2.75, 3.05) is 0 Å². The van der Waals surface area contributed by atoms with Crippen molar-refractivity contribution < 1.29 is 0 Å². The molecule has 0 N–H and O–H groups in total. The van der Waals surface area contributed by atoms with Crippen LogP contribution in [0.15, 0.2) is 76.7 Å². The molecule has 0 saturated carbocycles. The van der Waals surface area contributed by atoms with Gasteiger partial charge in [-0.15, -0.1) is 0 Å². The Hall–Kier alpha value is -3.00. The highest BCUT2D eigenvalue weighted by molar-refractivity contribution is 6.31. The average molecular weight is 523 g/mol. The molecule has 0 spiro atoms. The molecule has 3 aromatic rings. The Morgan fingerprint density at radius 3 is 2.10 bits per heavy atom. The minimum absolute atomic E-state index is 0.854. The molecule has 0 heterocycles. The number of aryl methyl sites for hydroxylation is 3. The number of nitrogens with zero attached hydrogens (tertiary/aromatic N) is 2. The molecule has 208 valence electrons. The normalized spacial score (nSPS) is 11.9. The van der Waals surface area contributed by atoms with Gasteiger partial charge in [0.15, 0.2) is 0 Å². The summed E-state index contributed by atoms with van der Waals surface area (Å²) in [5, 5.41) is 0. The molecule has 0 aliphatic carbocycles. The van der Waals surface area contributed by atoms with Gasteiger partial charge in [0.2, 0.25) is 0 Å². The van der Waals surface area contributed by atoms with Crippen LogP contribution in [-0.4, -0.2) is 11.9 Å². The van der Waals surface area contributed by atoms with E-state index in [0.717, 1.165) is 36.3 Å². The first-order valence-corrected chi connectivity index (χ1v) is 15.5. The van der Waals surface area contributed by atoms with Crippen molar-refractivity contribution in [3.05, 3.63) is 83.4 Å². The van der Waals surface area contributed by atoms with Gasteiger partial charge in [-0.05, 0) is 91.1 Å². The monoisotopic (exact) mass is 522 g/mol. The standard InChI is InChI=1S/C37H50N2/c1-5-8-10-12-13-16-24-33-28-36(26-30(4)37(33)32-22-17-14-18-23-32)39-34(7-3)29-38-35-25-19-21-31(27-35)20-15-11-9-6-2/h14,17-19,21-23,25-29H,5-13,15-16,20,24H2,1-4H3. The molecule has 0 aliphatic heterocycles. The maximum Gasteiger partial charge on any atom is 0.0639 e. The van der Waals surface area contributed by atoms with E-state index in [4.69, 9.17) is 9.98 Å². The molecule has 0 fully saturated rings. The molecular formula is C37H50N2. The van der Waals surface area contributed by atoms with E-state index in [1.807, 2.05) is 6.21 Å². The third kappa shape index (κ3) is 10.6. The Bertz CT molecular complexity index is 1170. The lowest BCUT2D eigenvalue weighted by Crippen LogP contribution is -1.98. The average Bonchev–Trinajstić information content (AvgIpc) is 2.96. The first-order valence-electron chi connectivity index (χ1n) is 15.5. The van der Waals surface area contributed by atoms with Crippen LogP contribution in [0.3, 0.4) is 0 Å². The molecule has 0 bridgehead atoms. The van der Waals surface area contributed by atoms with Crippen LogP contribution in [0.5, 0.6) is 0 Å². The van der Waals surface area contributed by atoms with Gasteiger partial charge in [-0.3, -0.25) is 9.98 Å². The van der Waals surface area contributed by atoms with Crippen molar-refractivity contribution in [3.63, 3.8) is 0 Å². The van der Waals surface area contributed by atoms with E-state index in [1.165, 1.54) is 92.0 Å². The summed E-state index contributed by atoms with van der Waals surface area (Å²) in [6.45, 7) is 8.94. The van der Waals surface area contributed by atoms with Crippen LogP contribution in [0.4, 0.5) is 11.4 Å². The summed E-state index contributed by atoms with van der Waals surface area (Å²) in [6.07, 6.45) is 18.1. The third-order valence-electron chi connectivity index (χ3n) is 7.49. The van der Waals surface area contributed by atoms with Crippen LogP contribution in [0.25, 0.3) is 11.1 Å². The summed E-state index contributed by atoms with van der Waals surface area (Å²) in [6, 6.07) is 24.1. The van der Waals surface area contributed by atoms with Gasteiger partial charge < -0.3 is 0 Å². The molecule has 2 heteroatoms. The Kier molecular flexibility index (Phi) is 13.8. The smallest absolute Gasteiger partial charge is 0.0639 e. The van der Waals surface area contributed by atoms with E-state index in [-0.39, 0.29) is 0 Å². The third-order valence-corrected chi connectivity index (χ3v) is 7.49. The molecule has 39 heavy (non-hydrogen) atoms. The van der Waals surface area contributed by atoms with Gasteiger partial charge in [0.25, 0.3) is 0 Å². The van der Waals surface area contributed by atoms with Gasteiger partial charge in [-0.2, -0.15) is 0 Å². The summed E-state index contributed by atoms with van der Waals surface area (Å²) in [4.78, 5) is 9.89. The van der Waals surface area contributed by atoms with E-state index < -0.39 is 0 Å². The molecule has 0 radical (unpaired) electrons. The largest absolute Gasteiger partial charge is 0.255 e. The summed E-state index contributed by atoms with van der Waals surface area (Å²) in [5.41, 5.74) is 9.85. The van der Waals surface area contributed by atoms with Gasteiger partial charge in [0.05, 0.1) is 17.1 Å². The van der Waals surface area contributed by atoms with Crippen molar-refractivity contribution in [1.82, 2.24) is 0 Å². The van der Waals surface area contributed by atoms with Crippen molar-refractivity contribution in [2.24, 2.45) is 9.98 Å². The highest BCUT2D eigenvalue weighted by atomic mass is 14.8. The molecule has 3 aromatic carbocycles. The minimum Gasteiger partial charge on any atom is -0.255 e. The van der Waals surface area contributed by atoms with Crippen LogP contribution in [0, 0.1) is 6.92 Å². The molecule has 0 aromatic heterocycles. The fraction of sp³-hybridized carbons (Fsp3) is 0.459. The maximum absolute atomic E-state index is 5.08. The highest BCUT2D eigenvalue weighted by Crippen LogP contribution is 2.33. The van der Waals surface area contributed by atoms with Gasteiger partial charge in [-0.25, -0.2) is 0 Å². The van der Waals surface area contributed by atoms with Crippen LogP contribution >= 0.6 is 0 Å². The second-order valence-electron chi connectivity index (χ2n) is 10.9. The Labute approximate surface area is 238 Å². The first kappa shape index (κ1) is 30.5. The SMILES string of the molecule is CCCCCCCCc1cc(N=C(C=Nc2cccc(CCCCCC)c2)CC)cc(C)c1-c1ccccc1. The zero-order chi connectivity index (χ0) is 27.7. The number of hydrogen-bond donors (Lipinski definition) is 0. The lowest BCUT2D eigenvalue weighted by molar-refractivity contribution is 0.608. The zero-order valence-electron chi connectivity index (χ0n) is 25.0. The van der Waals surface area contributed by atoms with Crippen molar-refractivity contribution >= 4 is 23.3 Å². The fourth-order valence-corrected chi connectivity index (χ4v) is 5.28. The van der Waals surface area contributed by atoms with Crippen molar-refractivity contribution in [3.8, 4) is 11.1 Å². The predicted molar refractivity (Wildman–Crippen MR) is 174 cm³/mol. The second-order valence-corrected chi connectivity index (χ2v) is 10.9. The molecule has 0 unspecified atom stereocenters. The maximum atomic E-state index is 5.08. The Morgan fingerprint density at radius 1 is 0.667 bits per heavy atom. The fourth-order valence-electron chi connectivity index (χ4n) is 5.28. The van der Waals surface area contributed by atoms with Gasteiger partial charge >= 0.3 is 0 Å². The molecule has 0 amide bonds. The van der Waals surface area contributed by atoms with Crippen LogP contribution in [0.2, 0.25) is 0 Å². The topological polar surface area (TPSA) is 24.7 Å². The number of aliphatic imine (C=N–C) groups is 2. The highest BCUT2D eigenvalue weighted by Gasteiger charge is 2.11. The lowest BCUT2D eigenvalue weighted by Gasteiger charge is -2.15. The molecule has 0 atom stereocenters. The Morgan fingerprint density at radius 2 is 1.36 bits per heavy atom. The van der Waals surface area contributed by atoms with Crippen LogP contribution in [-0.2, 0) is 12.8 Å². The summed E-state index contributed by atoms with van der Waals surface area (Å²) in [7, 11) is 0. The minimum atomic E-state index is 0.854. The quantitative estimate of drug-likeness (QED) is 0.124. The molecule has 2 nitrogen and oxygen atoms in total. The number of hydrogen-bond acceptors (Lipinski definition) is 2. The van der Waals surface area contributed by atoms with Crippen molar-refractivity contribution in [2.45, 2.75) is 111 Å². The number of benzene rings is 3. The second kappa shape index (κ2) is 17.6. The zero-order valence-corrected chi connectivity index (χ0v) is 25.0.